The smallest absolute Gasteiger partial charge is 0.194 e. The van der Waals surface area contributed by atoms with Crippen LogP contribution in [0.5, 0.6) is 5.75 Å². The fourth-order valence-corrected chi connectivity index (χ4v) is 3.94. The summed E-state index contributed by atoms with van der Waals surface area (Å²) in [5, 5.41) is 7.89. The fraction of sp³-hybridized carbons (Fsp3) is 0.333. The largest absolute Gasteiger partial charge is 0.497 e. The van der Waals surface area contributed by atoms with Crippen molar-refractivity contribution in [3.63, 3.8) is 0 Å². The molecule has 8 heteroatoms. The first-order valence-electron chi connectivity index (χ1n) is 10.7. The van der Waals surface area contributed by atoms with Crippen molar-refractivity contribution in [1.29, 1.82) is 0 Å². The van der Waals surface area contributed by atoms with Crippen molar-refractivity contribution in [3.8, 4) is 5.75 Å². The number of anilines is 1. The standard InChI is InChI=1S/C24H30N6O.HI/c1-25-24(26-18-20-7-3-4-8-21(20)19-30-12-6-11-27-30)29-15-13-28(14-16-29)22-9-5-10-23(17-22)31-2;/h3-12,17H,13-16,18-19H2,1-2H3,(H,25,26);1H. The normalized spacial score (nSPS) is 14.1. The second-order valence-electron chi connectivity index (χ2n) is 7.55. The van der Waals surface area contributed by atoms with Crippen molar-refractivity contribution in [2.24, 2.45) is 4.99 Å². The van der Waals surface area contributed by atoms with E-state index < -0.39 is 0 Å². The van der Waals surface area contributed by atoms with E-state index in [0.29, 0.717) is 0 Å². The van der Waals surface area contributed by atoms with Gasteiger partial charge in [-0.05, 0) is 29.3 Å². The number of hydrogen-bond donors (Lipinski definition) is 1. The molecule has 0 saturated carbocycles. The van der Waals surface area contributed by atoms with Crippen molar-refractivity contribution in [2.75, 3.05) is 45.2 Å². The monoisotopic (exact) mass is 546 g/mol. The van der Waals surface area contributed by atoms with Gasteiger partial charge in [0.1, 0.15) is 5.75 Å². The van der Waals surface area contributed by atoms with Gasteiger partial charge in [-0.1, -0.05) is 30.3 Å². The Balaban J connectivity index is 0.00000289. The average Bonchev–Trinajstić information content (AvgIpc) is 3.34. The number of rotatable bonds is 6. The first-order valence-corrected chi connectivity index (χ1v) is 10.7. The number of halogens is 1. The van der Waals surface area contributed by atoms with Crippen LogP contribution in [0, 0.1) is 0 Å². The molecule has 170 valence electrons. The summed E-state index contributed by atoms with van der Waals surface area (Å²) in [6.45, 7) is 5.24. The molecule has 0 aliphatic carbocycles. The molecule has 32 heavy (non-hydrogen) atoms. The van der Waals surface area contributed by atoms with Crippen LogP contribution < -0.4 is 15.0 Å². The Hall–Kier alpha value is -2.75. The van der Waals surface area contributed by atoms with Crippen molar-refractivity contribution in [2.45, 2.75) is 13.1 Å². The zero-order chi connectivity index (χ0) is 21.5. The van der Waals surface area contributed by atoms with Crippen LogP contribution in [0.15, 0.2) is 72.0 Å². The summed E-state index contributed by atoms with van der Waals surface area (Å²) in [6.07, 6.45) is 3.80. The molecule has 0 unspecified atom stereocenters. The van der Waals surface area contributed by atoms with Gasteiger partial charge in [-0.25, -0.2) is 0 Å². The van der Waals surface area contributed by atoms with Crippen LogP contribution in [-0.2, 0) is 13.1 Å². The lowest BCUT2D eigenvalue weighted by Gasteiger charge is -2.37. The molecule has 7 nitrogen and oxygen atoms in total. The van der Waals surface area contributed by atoms with Crippen molar-refractivity contribution in [3.05, 3.63) is 78.1 Å². The van der Waals surface area contributed by atoms with E-state index >= 15 is 0 Å². The molecule has 0 spiro atoms. The summed E-state index contributed by atoms with van der Waals surface area (Å²) in [5.74, 6) is 1.84. The summed E-state index contributed by atoms with van der Waals surface area (Å²) in [4.78, 5) is 9.25. The maximum atomic E-state index is 5.37. The average molecular weight is 546 g/mol. The molecule has 1 fully saturated rings. The minimum atomic E-state index is 0. The number of aromatic nitrogens is 2. The van der Waals surface area contributed by atoms with Crippen LogP contribution in [-0.4, -0.2) is 61.0 Å². The van der Waals surface area contributed by atoms with E-state index in [2.05, 4.69) is 61.6 Å². The maximum absolute atomic E-state index is 5.37. The number of nitrogens with one attached hydrogen (secondary N) is 1. The van der Waals surface area contributed by atoms with E-state index in [1.54, 1.807) is 7.11 Å². The fourth-order valence-electron chi connectivity index (χ4n) is 3.94. The Morgan fingerprint density at radius 2 is 1.81 bits per heavy atom. The number of guanidine groups is 1. The predicted octanol–water partition coefficient (Wildman–Crippen LogP) is 3.46. The van der Waals surface area contributed by atoms with Gasteiger partial charge in [0.15, 0.2) is 5.96 Å². The van der Waals surface area contributed by atoms with Gasteiger partial charge in [-0.2, -0.15) is 5.10 Å². The Morgan fingerprint density at radius 3 is 2.50 bits per heavy atom. The molecule has 0 atom stereocenters. The highest BCUT2D eigenvalue weighted by atomic mass is 127. The minimum absolute atomic E-state index is 0. The van der Waals surface area contributed by atoms with Gasteiger partial charge in [0.2, 0.25) is 0 Å². The molecule has 1 saturated heterocycles. The topological polar surface area (TPSA) is 57.9 Å². The number of nitrogens with zero attached hydrogens (tertiary/aromatic N) is 5. The molecule has 1 aromatic heterocycles. The maximum Gasteiger partial charge on any atom is 0.194 e. The third-order valence-electron chi connectivity index (χ3n) is 5.66. The Labute approximate surface area is 207 Å². The Bertz CT molecular complexity index is 999. The van der Waals surface area contributed by atoms with Gasteiger partial charge >= 0.3 is 0 Å². The lowest BCUT2D eigenvalue weighted by molar-refractivity contribution is 0.371. The molecule has 0 amide bonds. The summed E-state index contributed by atoms with van der Waals surface area (Å²) in [7, 11) is 3.56. The van der Waals surface area contributed by atoms with E-state index in [4.69, 9.17) is 4.74 Å². The van der Waals surface area contributed by atoms with Crippen molar-refractivity contribution < 1.29 is 4.74 Å². The summed E-state index contributed by atoms with van der Waals surface area (Å²) in [6, 6.07) is 18.7. The minimum Gasteiger partial charge on any atom is -0.497 e. The van der Waals surface area contributed by atoms with Crippen molar-refractivity contribution >= 4 is 35.6 Å². The van der Waals surface area contributed by atoms with Gasteiger partial charge in [0, 0.05) is 63.9 Å². The SMILES string of the molecule is CN=C(NCc1ccccc1Cn1cccn1)N1CCN(c2cccc(OC)c2)CC1.I. The van der Waals surface area contributed by atoms with Gasteiger partial charge in [0.05, 0.1) is 13.7 Å². The first-order chi connectivity index (χ1) is 15.3. The summed E-state index contributed by atoms with van der Waals surface area (Å²) in [5.41, 5.74) is 3.72. The van der Waals surface area contributed by atoms with Gasteiger partial charge in [0.25, 0.3) is 0 Å². The molecule has 1 N–H and O–H groups in total. The molecule has 0 radical (unpaired) electrons. The molecular formula is C24H31IN6O. The Kier molecular flexibility index (Phi) is 8.78. The second-order valence-corrected chi connectivity index (χ2v) is 7.55. The van der Waals surface area contributed by atoms with Crippen LogP contribution in [0.4, 0.5) is 5.69 Å². The number of benzene rings is 2. The summed E-state index contributed by atoms with van der Waals surface area (Å²) >= 11 is 0. The highest BCUT2D eigenvalue weighted by Gasteiger charge is 2.20. The first kappa shape index (κ1) is 23.9. The Morgan fingerprint density at radius 1 is 1.03 bits per heavy atom. The van der Waals surface area contributed by atoms with E-state index in [0.717, 1.165) is 51.0 Å². The van der Waals surface area contributed by atoms with Gasteiger partial charge in [-0.15, -0.1) is 24.0 Å². The highest BCUT2D eigenvalue weighted by molar-refractivity contribution is 14.0. The molecule has 2 heterocycles. The lowest BCUT2D eigenvalue weighted by Crippen LogP contribution is -2.52. The number of aliphatic imine (C=N–C) groups is 1. The van der Waals surface area contributed by atoms with Gasteiger partial charge < -0.3 is 19.9 Å². The second kappa shape index (κ2) is 11.8. The molecule has 2 aromatic carbocycles. The molecule has 0 bridgehead atoms. The third-order valence-corrected chi connectivity index (χ3v) is 5.66. The predicted molar refractivity (Wildman–Crippen MR) is 140 cm³/mol. The van der Waals surface area contributed by atoms with Gasteiger partial charge in [-0.3, -0.25) is 9.67 Å². The van der Waals surface area contributed by atoms with Crippen LogP contribution in [0.3, 0.4) is 0 Å². The number of methoxy groups -OCH3 is 1. The van der Waals surface area contributed by atoms with E-state index in [9.17, 15) is 0 Å². The molecule has 1 aliphatic heterocycles. The van der Waals surface area contributed by atoms with Crippen LogP contribution in [0.2, 0.25) is 0 Å². The van der Waals surface area contributed by atoms with E-state index in [1.165, 1.54) is 16.8 Å². The summed E-state index contributed by atoms with van der Waals surface area (Å²) < 4.78 is 7.32. The zero-order valence-corrected chi connectivity index (χ0v) is 21.0. The van der Waals surface area contributed by atoms with E-state index in [1.807, 2.05) is 42.3 Å². The highest BCUT2D eigenvalue weighted by Crippen LogP contribution is 2.22. The lowest BCUT2D eigenvalue weighted by atomic mass is 10.1. The molecule has 1 aliphatic rings. The molecule has 3 aromatic rings. The number of ether oxygens (including phenoxy) is 1. The molecular weight excluding hydrogens is 515 g/mol. The van der Waals surface area contributed by atoms with E-state index in [-0.39, 0.29) is 24.0 Å². The quantitative estimate of drug-likeness (QED) is 0.292. The van der Waals surface area contributed by atoms with Crippen LogP contribution >= 0.6 is 24.0 Å². The third kappa shape index (κ3) is 5.93. The number of hydrogen-bond acceptors (Lipinski definition) is 4. The molecule has 4 rings (SSSR count). The van der Waals surface area contributed by atoms with Crippen LogP contribution in [0.1, 0.15) is 11.1 Å². The van der Waals surface area contributed by atoms with Crippen LogP contribution in [0.25, 0.3) is 0 Å². The van der Waals surface area contributed by atoms with Crippen molar-refractivity contribution in [1.82, 2.24) is 20.0 Å². The zero-order valence-electron chi connectivity index (χ0n) is 18.6. The number of piperazine rings is 1.